The maximum absolute atomic E-state index is 13.2. The van der Waals surface area contributed by atoms with Gasteiger partial charge in [0.1, 0.15) is 5.82 Å². The zero-order valence-corrected chi connectivity index (χ0v) is 10.5. The van der Waals surface area contributed by atoms with E-state index >= 15 is 0 Å². The van der Waals surface area contributed by atoms with Crippen molar-refractivity contribution in [3.8, 4) is 5.75 Å². The molecule has 1 rings (SSSR count). The lowest BCUT2D eigenvalue weighted by molar-refractivity contribution is 0.206. The summed E-state index contributed by atoms with van der Waals surface area (Å²) in [7, 11) is 0. The maximum Gasteiger partial charge on any atom is 0.165 e. The predicted molar refractivity (Wildman–Crippen MR) is 65.6 cm³/mol. The van der Waals surface area contributed by atoms with Gasteiger partial charge >= 0.3 is 0 Å². The van der Waals surface area contributed by atoms with Gasteiger partial charge in [0.15, 0.2) is 11.6 Å². The van der Waals surface area contributed by atoms with Crippen molar-refractivity contribution in [1.82, 2.24) is 5.32 Å². The van der Waals surface area contributed by atoms with Crippen LogP contribution < -0.4 is 10.1 Å². The Morgan fingerprint density at radius 2 is 2.17 bits per heavy atom. The molecular formula is C13H19F2NO2. The van der Waals surface area contributed by atoms with Gasteiger partial charge in [-0.25, -0.2) is 8.78 Å². The number of halogens is 2. The molecule has 0 aromatic heterocycles. The maximum atomic E-state index is 13.2. The molecule has 0 amide bonds. The summed E-state index contributed by atoms with van der Waals surface area (Å²) in [4.78, 5) is 0. The van der Waals surface area contributed by atoms with Gasteiger partial charge in [-0.05, 0) is 31.5 Å². The van der Waals surface area contributed by atoms with Crippen molar-refractivity contribution >= 4 is 0 Å². The Balaban J connectivity index is 2.37. The third-order valence-electron chi connectivity index (χ3n) is 2.52. The SMILES string of the molecule is CCCNC(CO)CCOc1cc(F)ccc1F. The molecule has 102 valence electrons. The number of rotatable bonds is 8. The topological polar surface area (TPSA) is 41.5 Å². The molecule has 0 aliphatic heterocycles. The van der Waals surface area contributed by atoms with Gasteiger partial charge in [0.2, 0.25) is 0 Å². The molecule has 0 saturated heterocycles. The molecule has 1 aromatic carbocycles. The number of aliphatic hydroxyl groups is 1. The van der Waals surface area contributed by atoms with Crippen molar-refractivity contribution in [3.63, 3.8) is 0 Å². The van der Waals surface area contributed by atoms with E-state index in [-0.39, 0.29) is 25.0 Å². The molecule has 5 heteroatoms. The van der Waals surface area contributed by atoms with E-state index in [1.807, 2.05) is 6.92 Å². The second-order valence-electron chi connectivity index (χ2n) is 4.05. The zero-order chi connectivity index (χ0) is 13.4. The van der Waals surface area contributed by atoms with E-state index in [4.69, 9.17) is 9.84 Å². The lowest BCUT2D eigenvalue weighted by Gasteiger charge is -2.16. The summed E-state index contributed by atoms with van der Waals surface area (Å²) < 4.78 is 31.3. The fourth-order valence-electron chi connectivity index (χ4n) is 1.51. The molecular weight excluding hydrogens is 240 g/mol. The number of nitrogens with one attached hydrogen (secondary N) is 1. The van der Waals surface area contributed by atoms with Gasteiger partial charge in [0.05, 0.1) is 13.2 Å². The highest BCUT2D eigenvalue weighted by Gasteiger charge is 2.08. The first-order valence-corrected chi connectivity index (χ1v) is 6.09. The molecule has 0 fully saturated rings. The van der Waals surface area contributed by atoms with Crippen molar-refractivity contribution in [1.29, 1.82) is 0 Å². The standard InChI is InChI=1S/C13H19F2NO2/c1-2-6-16-11(9-17)5-7-18-13-8-10(14)3-4-12(13)15/h3-4,8,11,16-17H,2,5-7,9H2,1H3. The Hall–Kier alpha value is -1.20. The highest BCUT2D eigenvalue weighted by atomic mass is 19.1. The zero-order valence-electron chi connectivity index (χ0n) is 10.5. The normalized spacial score (nSPS) is 12.4. The Morgan fingerprint density at radius 3 is 2.83 bits per heavy atom. The molecule has 0 heterocycles. The van der Waals surface area contributed by atoms with Crippen molar-refractivity contribution in [2.24, 2.45) is 0 Å². The molecule has 0 saturated carbocycles. The van der Waals surface area contributed by atoms with Gasteiger partial charge < -0.3 is 15.2 Å². The number of hydrogen-bond donors (Lipinski definition) is 2. The summed E-state index contributed by atoms with van der Waals surface area (Å²) in [6.45, 7) is 3.05. The van der Waals surface area contributed by atoms with E-state index in [1.54, 1.807) is 0 Å². The van der Waals surface area contributed by atoms with Crippen LogP contribution in [0.1, 0.15) is 19.8 Å². The van der Waals surface area contributed by atoms with Crippen molar-refractivity contribution in [3.05, 3.63) is 29.8 Å². The van der Waals surface area contributed by atoms with Gasteiger partial charge in [-0.15, -0.1) is 0 Å². The van der Waals surface area contributed by atoms with Crippen molar-refractivity contribution in [2.75, 3.05) is 19.8 Å². The number of benzene rings is 1. The summed E-state index contributed by atoms with van der Waals surface area (Å²) in [6, 6.07) is 3.01. The van der Waals surface area contributed by atoms with Gasteiger partial charge in [0.25, 0.3) is 0 Å². The molecule has 1 atom stereocenters. The first-order chi connectivity index (χ1) is 8.67. The quantitative estimate of drug-likeness (QED) is 0.751. The van der Waals surface area contributed by atoms with Gasteiger partial charge in [-0.1, -0.05) is 6.92 Å². The highest BCUT2D eigenvalue weighted by Crippen LogP contribution is 2.18. The van der Waals surface area contributed by atoms with Gasteiger partial charge in [0, 0.05) is 12.1 Å². The van der Waals surface area contributed by atoms with Crippen LogP contribution in [-0.4, -0.2) is 30.9 Å². The Morgan fingerprint density at radius 1 is 1.39 bits per heavy atom. The molecule has 0 spiro atoms. The smallest absolute Gasteiger partial charge is 0.165 e. The fourth-order valence-corrected chi connectivity index (χ4v) is 1.51. The van der Waals surface area contributed by atoms with E-state index < -0.39 is 11.6 Å². The Kier molecular flexibility index (Phi) is 6.60. The van der Waals surface area contributed by atoms with Crippen LogP contribution in [0, 0.1) is 11.6 Å². The molecule has 0 aliphatic rings. The lowest BCUT2D eigenvalue weighted by atomic mass is 10.2. The lowest BCUT2D eigenvalue weighted by Crippen LogP contribution is -2.34. The number of aliphatic hydroxyl groups excluding tert-OH is 1. The van der Waals surface area contributed by atoms with Crippen LogP contribution in [0.2, 0.25) is 0 Å². The Labute approximate surface area is 106 Å². The van der Waals surface area contributed by atoms with E-state index in [0.29, 0.717) is 6.42 Å². The first kappa shape index (κ1) is 14.9. The molecule has 0 radical (unpaired) electrons. The molecule has 18 heavy (non-hydrogen) atoms. The summed E-state index contributed by atoms with van der Waals surface area (Å²) in [5.41, 5.74) is 0. The van der Waals surface area contributed by atoms with E-state index in [9.17, 15) is 8.78 Å². The second-order valence-corrected chi connectivity index (χ2v) is 4.05. The van der Waals surface area contributed by atoms with Gasteiger partial charge in [-0.2, -0.15) is 0 Å². The molecule has 1 aromatic rings. The third-order valence-corrected chi connectivity index (χ3v) is 2.52. The Bertz CT molecular complexity index is 361. The van der Waals surface area contributed by atoms with Crippen LogP contribution >= 0.6 is 0 Å². The molecule has 2 N–H and O–H groups in total. The van der Waals surface area contributed by atoms with Crippen molar-refractivity contribution in [2.45, 2.75) is 25.8 Å². The average Bonchev–Trinajstić information content (AvgIpc) is 2.37. The minimum Gasteiger partial charge on any atom is -0.490 e. The van der Waals surface area contributed by atoms with E-state index in [1.165, 1.54) is 0 Å². The first-order valence-electron chi connectivity index (χ1n) is 6.09. The van der Waals surface area contributed by atoms with Crippen LogP contribution in [0.15, 0.2) is 18.2 Å². The van der Waals surface area contributed by atoms with Gasteiger partial charge in [-0.3, -0.25) is 0 Å². The third kappa shape index (κ3) is 4.98. The van der Waals surface area contributed by atoms with Crippen LogP contribution in [0.3, 0.4) is 0 Å². The van der Waals surface area contributed by atoms with E-state index in [2.05, 4.69) is 5.32 Å². The molecule has 0 aliphatic carbocycles. The summed E-state index contributed by atoms with van der Waals surface area (Å²) in [5, 5.41) is 12.2. The second kappa shape index (κ2) is 8.00. The molecule has 0 bridgehead atoms. The summed E-state index contributed by atoms with van der Waals surface area (Å²) in [6.07, 6.45) is 1.50. The van der Waals surface area contributed by atoms with Crippen LogP contribution in [0.5, 0.6) is 5.75 Å². The average molecular weight is 259 g/mol. The van der Waals surface area contributed by atoms with Crippen LogP contribution in [0.25, 0.3) is 0 Å². The molecule has 1 unspecified atom stereocenters. The minimum absolute atomic E-state index is 0.00497. The van der Waals surface area contributed by atoms with Crippen molar-refractivity contribution < 1.29 is 18.6 Å². The fraction of sp³-hybridized carbons (Fsp3) is 0.538. The summed E-state index contributed by atoms with van der Waals surface area (Å²) >= 11 is 0. The van der Waals surface area contributed by atoms with Crippen LogP contribution in [-0.2, 0) is 0 Å². The monoisotopic (exact) mass is 259 g/mol. The van der Waals surface area contributed by atoms with E-state index in [0.717, 1.165) is 31.2 Å². The highest BCUT2D eigenvalue weighted by molar-refractivity contribution is 5.24. The number of ether oxygens (including phenoxy) is 1. The largest absolute Gasteiger partial charge is 0.490 e. The summed E-state index contributed by atoms with van der Waals surface area (Å²) in [5.74, 6) is -1.21. The molecule has 3 nitrogen and oxygen atoms in total. The van der Waals surface area contributed by atoms with Crippen LogP contribution in [0.4, 0.5) is 8.78 Å². The number of hydrogen-bond acceptors (Lipinski definition) is 3. The predicted octanol–water partition coefficient (Wildman–Crippen LogP) is 2.09. The minimum atomic E-state index is -0.585.